The molecule has 146 valence electrons. The first-order chi connectivity index (χ1) is 13.3. The summed E-state index contributed by atoms with van der Waals surface area (Å²) in [5.74, 6) is -1.72. The standard InChI is InChI=1S/C19H17F2N3O3S/c20-13-6-7-14(21)15(11-13)22-19(25)12-5-8-16-17(10-12)28(26,27)23-18-4-2-1-3-9-24(16)18/h5-8,10-11H,1-4,9H2,(H,22,25). The van der Waals surface area contributed by atoms with Crippen molar-refractivity contribution in [3.8, 4) is 0 Å². The minimum atomic E-state index is -3.94. The van der Waals surface area contributed by atoms with E-state index in [1.54, 1.807) is 6.07 Å². The number of fused-ring (bicyclic) bond motifs is 3. The second kappa shape index (κ2) is 6.97. The van der Waals surface area contributed by atoms with Crippen LogP contribution in [0.1, 0.15) is 36.0 Å². The molecule has 6 nitrogen and oxygen atoms in total. The van der Waals surface area contributed by atoms with E-state index in [0.717, 1.165) is 37.5 Å². The molecule has 2 aromatic carbocycles. The molecule has 2 heterocycles. The summed E-state index contributed by atoms with van der Waals surface area (Å²) in [6.07, 6.45) is 3.36. The van der Waals surface area contributed by atoms with Gasteiger partial charge in [-0.15, -0.1) is 4.40 Å². The number of nitrogens with one attached hydrogen (secondary N) is 1. The third-order valence-corrected chi connectivity index (χ3v) is 6.12. The topological polar surface area (TPSA) is 78.8 Å². The zero-order valence-electron chi connectivity index (χ0n) is 14.8. The van der Waals surface area contributed by atoms with Gasteiger partial charge in [0.1, 0.15) is 22.4 Å². The van der Waals surface area contributed by atoms with Gasteiger partial charge in [-0.3, -0.25) is 4.79 Å². The first-order valence-electron chi connectivity index (χ1n) is 8.87. The Bertz CT molecular complexity index is 1100. The van der Waals surface area contributed by atoms with Gasteiger partial charge in [0.15, 0.2) is 0 Å². The van der Waals surface area contributed by atoms with E-state index in [-0.39, 0.29) is 16.1 Å². The third-order valence-electron chi connectivity index (χ3n) is 4.79. The lowest BCUT2D eigenvalue weighted by atomic mass is 10.1. The van der Waals surface area contributed by atoms with Gasteiger partial charge < -0.3 is 10.2 Å². The molecule has 2 aliphatic heterocycles. The lowest BCUT2D eigenvalue weighted by Crippen LogP contribution is -2.35. The number of hydrogen-bond donors (Lipinski definition) is 1. The molecule has 0 bridgehead atoms. The molecule has 0 aromatic heterocycles. The quantitative estimate of drug-likeness (QED) is 0.826. The largest absolute Gasteiger partial charge is 0.328 e. The molecule has 1 fully saturated rings. The van der Waals surface area contributed by atoms with Crippen molar-refractivity contribution in [2.45, 2.75) is 30.6 Å². The molecule has 9 heteroatoms. The second-order valence-electron chi connectivity index (χ2n) is 6.71. The van der Waals surface area contributed by atoms with Crippen molar-refractivity contribution in [2.75, 3.05) is 16.8 Å². The van der Waals surface area contributed by atoms with E-state index >= 15 is 0 Å². The fourth-order valence-electron chi connectivity index (χ4n) is 3.41. The van der Waals surface area contributed by atoms with Crippen LogP contribution in [-0.4, -0.2) is 26.7 Å². The monoisotopic (exact) mass is 405 g/mol. The predicted molar refractivity (Wildman–Crippen MR) is 101 cm³/mol. The molecule has 2 aliphatic rings. The summed E-state index contributed by atoms with van der Waals surface area (Å²) in [5.41, 5.74) is 0.179. The maximum absolute atomic E-state index is 13.8. The number of sulfonamides is 1. The molecule has 0 saturated carbocycles. The summed E-state index contributed by atoms with van der Waals surface area (Å²) < 4.78 is 56.2. The summed E-state index contributed by atoms with van der Waals surface area (Å²) in [6, 6.07) is 6.95. The molecule has 0 unspecified atom stereocenters. The van der Waals surface area contributed by atoms with E-state index in [2.05, 4.69) is 9.71 Å². The maximum Gasteiger partial charge on any atom is 0.286 e. The van der Waals surface area contributed by atoms with Gasteiger partial charge in [0.05, 0.1) is 11.4 Å². The minimum absolute atomic E-state index is 0.0134. The first kappa shape index (κ1) is 18.5. The van der Waals surface area contributed by atoms with Gasteiger partial charge in [-0.2, -0.15) is 8.42 Å². The molecule has 4 rings (SSSR count). The van der Waals surface area contributed by atoms with Crippen LogP contribution in [0.2, 0.25) is 0 Å². The molecule has 0 spiro atoms. The lowest BCUT2D eigenvalue weighted by Gasteiger charge is -2.29. The normalized spacial score (nSPS) is 17.8. The van der Waals surface area contributed by atoms with Crippen LogP contribution in [0.4, 0.5) is 20.2 Å². The summed E-state index contributed by atoms with van der Waals surface area (Å²) in [7, 11) is -3.94. The highest BCUT2D eigenvalue weighted by molar-refractivity contribution is 7.90. The van der Waals surface area contributed by atoms with E-state index in [1.807, 2.05) is 4.90 Å². The average Bonchev–Trinajstić information content (AvgIpc) is 2.89. The molecule has 0 atom stereocenters. The van der Waals surface area contributed by atoms with Crippen molar-refractivity contribution >= 4 is 33.1 Å². The number of amidine groups is 1. The van der Waals surface area contributed by atoms with E-state index in [4.69, 9.17) is 0 Å². The van der Waals surface area contributed by atoms with Crippen LogP contribution in [0.15, 0.2) is 45.7 Å². The van der Waals surface area contributed by atoms with Crippen molar-refractivity contribution in [3.63, 3.8) is 0 Å². The van der Waals surface area contributed by atoms with E-state index in [9.17, 15) is 22.0 Å². The van der Waals surface area contributed by atoms with E-state index in [0.29, 0.717) is 24.5 Å². The van der Waals surface area contributed by atoms with Crippen molar-refractivity contribution in [3.05, 3.63) is 53.6 Å². The first-order valence-corrected chi connectivity index (χ1v) is 10.3. The zero-order chi connectivity index (χ0) is 19.9. The zero-order valence-corrected chi connectivity index (χ0v) is 15.6. The summed E-state index contributed by atoms with van der Waals surface area (Å²) in [5, 5.41) is 2.27. The predicted octanol–water partition coefficient (Wildman–Crippen LogP) is 3.70. The van der Waals surface area contributed by atoms with Gasteiger partial charge >= 0.3 is 0 Å². The smallest absolute Gasteiger partial charge is 0.286 e. The Morgan fingerprint density at radius 3 is 2.71 bits per heavy atom. The minimum Gasteiger partial charge on any atom is -0.328 e. The van der Waals surface area contributed by atoms with Gasteiger partial charge in [0.25, 0.3) is 15.9 Å². The molecule has 1 N–H and O–H groups in total. The highest BCUT2D eigenvalue weighted by atomic mass is 32.2. The summed E-state index contributed by atoms with van der Waals surface area (Å²) in [6.45, 7) is 0.654. The van der Waals surface area contributed by atoms with Crippen molar-refractivity contribution in [1.29, 1.82) is 0 Å². The molecule has 1 saturated heterocycles. The number of anilines is 2. The number of nitrogens with zero attached hydrogens (tertiary/aromatic N) is 2. The molecule has 0 radical (unpaired) electrons. The maximum atomic E-state index is 13.8. The van der Waals surface area contributed by atoms with Crippen LogP contribution in [0.3, 0.4) is 0 Å². The van der Waals surface area contributed by atoms with E-state index < -0.39 is 27.6 Å². The molecule has 28 heavy (non-hydrogen) atoms. The summed E-state index contributed by atoms with van der Waals surface area (Å²) in [4.78, 5) is 14.3. The Morgan fingerprint density at radius 2 is 1.89 bits per heavy atom. The van der Waals surface area contributed by atoms with Crippen LogP contribution < -0.4 is 10.2 Å². The summed E-state index contributed by atoms with van der Waals surface area (Å²) >= 11 is 0. The number of benzene rings is 2. The molecule has 0 aliphatic carbocycles. The highest BCUT2D eigenvalue weighted by Gasteiger charge is 2.32. The van der Waals surface area contributed by atoms with Gasteiger partial charge in [0, 0.05) is 24.6 Å². The molecule has 2 aromatic rings. The van der Waals surface area contributed by atoms with Crippen molar-refractivity contribution in [1.82, 2.24) is 0 Å². The van der Waals surface area contributed by atoms with E-state index in [1.165, 1.54) is 12.1 Å². The Hall–Kier alpha value is -2.81. The second-order valence-corrected chi connectivity index (χ2v) is 8.28. The molecule has 1 amide bonds. The van der Waals surface area contributed by atoms with Crippen LogP contribution in [0, 0.1) is 11.6 Å². The van der Waals surface area contributed by atoms with Crippen molar-refractivity contribution < 1.29 is 22.0 Å². The lowest BCUT2D eigenvalue weighted by molar-refractivity contribution is 0.102. The number of rotatable bonds is 2. The highest BCUT2D eigenvalue weighted by Crippen LogP contribution is 2.35. The Kier molecular flexibility index (Phi) is 4.62. The van der Waals surface area contributed by atoms with Gasteiger partial charge in [-0.05, 0) is 43.2 Å². The number of carbonyl (C=O) groups is 1. The average molecular weight is 405 g/mol. The van der Waals surface area contributed by atoms with Crippen LogP contribution >= 0.6 is 0 Å². The van der Waals surface area contributed by atoms with Crippen LogP contribution in [0.25, 0.3) is 0 Å². The van der Waals surface area contributed by atoms with Gasteiger partial charge in [-0.25, -0.2) is 8.78 Å². The third kappa shape index (κ3) is 3.37. The number of amides is 1. The van der Waals surface area contributed by atoms with Crippen LogP contribution in [-0.2, 0) is 10.0 Å². The Morgan fingerprint density at radius 1 is 1.07 bits per heavy atom. The SMILES string of the molecule is O=C(Nc1cc(F)ccc1F)c1ccc2c(c1)S(=O)(=O)N=C1CCCCCN12. The number of halogens is 2. The molecular weight excluding hydrogens is 388 g/mol. The van der Waals surface area contributed by atoms with Gasteiger partial charge in [0.2, 0.25) is 0 Å². The van der Waals surface area contributed by atoms with Crippen LogP contribution in [0.5, 0.6) is 0 Å². The fourth-order valence-corrected chi connectivity index (χ4v) is 4.69. The Labute approximate surface area is 160 Å². The number of hydrogen-bond acceptors (Lipinski definition) is 4. The van der Waals surface area contributed by atoms with Crippen molar-refractivity contribution in [2.24, 2.45) is 4.40 Å². The fraction of sp³-hybridized carbons (Fsp3) is 0.263. The van der Waals surface area contributed by atoms with Gasteiger partial charge in [-0.1, -0.05) is 6.42 Å². The molecular formula is C19H17F2N3O3S. The number of carbonyl (C=O) groups excluding carboxylic acids is 1. The Balaban J connectivity index is 1.70.